The zero-order chi connectivity index (χ0) is 46.5. The average molecular weight is 1050 g/mol. The number of imidazole rings is 2. The van der Waals surface area contributed by atoms with E-state index in [-0.39, 0.29) is 51.3 Å². The van der Waals surface area contributed by atoms with Crippen molar-refractivity contribution in [2.45, 2.75) is 136 Å². The van der Waals surface area contributed by atoms with Crippen molar-refractivity contribution in [2.75, 3.05) is 12.9 Å². The Morgan fingerprint density at radius 3 is 1.08 bits per heavy atom. The van der Waals surface area contributed by atoms with Crippen LogP contribution >= 0.6 is 17.0 Å². The predicted molar refractivity (Wildman–Crippen MR) is 216 cm³/mol. The summed E-state index contributed by atoms with van der Waals surface area (Å²) in [6, 6.07) is 0. The number of aromatic nitrogens is 4. The Bertz CT molecular complexity index is 1510. The van der Waals surface area contributed by atoms with Crippen LogP contribution in [0.4, 0.5) is 39.5 Å². The number of halogens is 10. The van der Waals surface area contributed by atoms with E-state index in [1.54, 1.807) is 6.92 Å². The van der Waals surface area contributed by atoms with Gasteiger partial charge in [0.25, 0.3) is 0 Å². The Labute approximate surface area is 385 Å². The van der Waals surface area contributed by atoms with Gasteiger partial charge in [0.15, 0.2) is 0 Å². The Morgan fingerprint density at radius 1 is 0.656 bits per heavy atom. The van der Waals surface area contributed by atoms with Crippen molar-refractivity contribution < 1.29 is 108 Å². The molecule has 0 aliphatic heterocycles. The van der Waals surface area contributed by atoms with Crippen LogP contribution in [0.2, 0.25) is 0 Å². The largest absolute Gasteiger partial charge is 1.00 e. The van der Waals surface area contributed by atoms with E-state index in [1.165, 1.54) is 90.1 Å². The first-order valence-corrected chi connectivity index (χ1v) is 21.9. The van der Waals surface area contributed by atoms with Crippen LogP contribution in [-0.4, -0.2) is 78.9 Å². The van der Waals surface area contributed by atoms with Crippen LogP contribution in [0, 0.1) is 0 Å². The fourth-order valence-electron chi connectivity index (χ4n) is 3.81. The van der Waals surface area contributed by atoms with Crippen LogP contribution in [0.5, 0.6) is 0 Å². The Hall–Kier alpha value is -1.71. The van der Waals surface area contributed by atoms with Gasteiger partial charge in [-0.2, -0.15) is 56.3 Å². The Balaban J connectivity index is -0.0000000800. The number of hydrogen-bond acceptors (Lipinski definition) is 9. The molecule has 0 aliphatic rings. The molecule has 0 aromatic carbocycles. The molecule has 364 valence electrons. The van der Waals surface area contributed by atoms with E-state index < -0.39 is 61.3 Å². The molecular weight excluding hydrogens is 986 g/mol. The average Bonchev–Trinajstić information content (AvgIpc) is 3.66. The Morgan fingerprint density at radius 2 is 0.918 bits per heavy atom. The number of nitrogens with zero attached hydrogens (tertiary/aromatic N) is 5. The topological polar surface area (TPSA) is 201 Å². The van der Waals surface area contributed by atoms with Gasteiger partial charge >= 0.3 is 70.1 Å². The van der Waals surface area contributed by atoms with Gasteiger partial charge in [-0.3, -0.25) is 0 Å². The number of nitrogens with one attached hydrogen (secondary N) is 1. The maximum atomic E-state index is 11.4. The third-order valence-electron chi connectivity index (χ3n) is 6.01. The molecule has 0 radical (unpaired) electrons. The van der Waals surface area contributed by atoms with Crippen molar-refractivity contribution in [1.82, 2.24) is 13.3 Å². The van der Waals surface area contributed by atoms with Gasteiger partial charge in [-0.25, -0.2) is 35.1 Å². The minimum absolute atomic E-state index is 0. The molecule has 2 heterocycles. The second-order valence-electron chi connectivity index (χ2n) is 11.5. The first-order valence-electron chi connectivity index (χ1n) is 17.2. The van der Waals surface area contributed by atoms with E-state index in [1.807, 2.05) is 0 Å². The maximum absolute atomic E-state index is 11.4. The summed E-state index contributed by atoms with van der Waals surface area (Å²) in [5, 5.41) is 8.11. The maximum Gasteiger partial charge on any atom is 1.00 e. The van der Waals surface area contributed by atoms with Crippen LogP contribution in [0.1, 0.15) is 107 Å². The van der Waals surface area contributed by atoms with Crippen LogP contribution in [0.3, 0.4) is 0 Å². The van der Waals surface area contributed by atoms with Crippen molar-refractivity contribution in [3.63, 3.8) is 0 Å². The quantitative estimate of drug-likeness (QED) is 0.0811. The SMILES string of the molecule is Br.C.CCCCCCCCn1cc[n+](C)c1.CCCCCCCCn1cc[n+](C)c1.CCO.CS(=O)(=O)NS(=O)(=O)C(F)(F)F.FC(F)(F)[N-]C(F)(F)F.O=S=O.O=S=O.[3HH].[Li+]. The molecule has 2 rings (SSSR count). The van der Waals surface area contributed by atoms with E-state index in [4.69, 9.17) is 21.9 Å². The van der Waals surface area contributed by atoms with E-state index >= 15 is 0 Å². The number of alkyl halides is 9. The number of hydrogen-bond donors (Lipinski definition) is 2. The van der Waals surface area contributed by atoms with E-state index in [0.29, 0.717) is 15.7 Å². The molecule has 2 N–H and O–H groups in total. The molecule has 0 fully saturated rings. The molecule has 0 unspecified atom stereocenters. The van der Waals surface area contributed by atoms with Crippen LogP contribution in [-0.2, 0) is 70.4 Å². The van der Waals surface area contributed by atoms with Gasteiger partial charge in [-0.05, 0) is 32.6 Å². The van der Waals surface area contributed by atoms with Crippen molar-refractivity contribution >= 4 is 60.2 Å². The summed E-state index contributed by atoms with van der Waals surface area (Å²) in [6.07, 6.45) is 18.5. The van der Waals surface area contributed by atoms with E-state index in [2.05, 4.69) is 83.7 Å². The summed E-state index contributed by atoms with van der Waals surface area (Å²) >= 11 is -1.50. The van der Waals surface area contributed by atoms with Gasteiger partial charge in [0.05, 0.1) is 33.4 Å². The number of aliphatic hydroxyl groups is 1. The standard InChI is InChI=1S/2C12H23N2.C2F6N.C2H4F3NO4S2.C2H6O.CH4.BrH.Li.2O2S.H2/c2*1-3-4-5-6-7-8-9-14-11-10-13(2)12-14;3-1(4,5)9-2(6,7)8;1-11(7,8)6-12(9,10)2(3,4)5;1-2-3;;;;2*1-3-2;/h2*10-12H,3-9H2,1-2H3;;6H,1H3;3H,2H2,1H3;1H4;1H;;;;1H/q2*+1;-1;;;;;+1;;;/i;;;;;;;;;;1+2. The zero-order valence-corrected chi connectivity index (χ0v) is 39.4. The minimum atomic E-state index is -5.79. The third kappa shape index (κ3) is 65.0. The van der Waals surface area contributed by atoms with Gasteiger partial charge in [0.1, 0.15) is 24.8 Å². The molecule has 2 aromatic heterocycles. The first kappa shape index (κ1) is 76.6. The Kier molecular flexibility index (Phi) is 56.3. The van der Waals surface area contributed by atoms with Gasteiger partial charge in [-0.1, -0.05) is 72.6 Å². The summed E-state index contributed by atoms with van der Waals surface area (Å²) in [6.45, 7) is 8.81. The molecule has 30 heteroatoms. The number of rotatable bonds is 16. The number of sulfonamides is 2. The monoisotopic (exact) mass is 1050 g/mol. The molecule has 2 aromatic rings. The first-order chi connectivity index (χ1) is 26.6. The number of aliphatic hydroxyl groups excluding tert-OH is 1. The molecule has 0 spiro atoms. The van der Waals surface area contributed by atoms with Crippen molar-refractivity contribution in [3.8, 4) is 0 Å². The van der Waals surface area contributed by atoms with Crippen LogP contribution < -0.4 is 32.1 Å². The van der Waals surface area contributed by atoms with Crippen molar-refractivity contribution in [2.24, 2.45) is 14.1 Å². The summed E-state index contributed by atoms with van der Waals surface area (Å²) in [5.74, 6) is 0. The molecular formula is C31H63BrF9LiN6O9S4+2. The van der Waals surface area contributed by atoms with Crippen LogP contribution in [0.25, 0.3) is 5.32 Å². The number of unbranched alkanes of at least 4 members (excludes halogenated alkanes) is 10. The fourth-order valence-corrected chi connectivity index (χ4v) is 5.78. The zero-order valence-electron chi connectivity index (χ0n) is 34.5. The predicted octanol–water partition coefficient (Wildman–Crippen LogP) is 4.25. The van der Waals surface area contributed by atoms with E-state index in [9.17, 15) is 56.3 Å². The van der Waals surface area contributed by atoms with Gasteiger partial charge in [0.2, 0.25) is 22.7 Å². The molecule has 0 saturated heterocycles. The van der Waals surface area contributed by atoms with Crippen LogP contribution in [0.15, 0.2) is 37.4 Å². The summed E-state index contributed by atoms with van der Waals surface area (Å²) in [5.41, 5.74) is -5.62. The molecule has 0 amide bonds. The second kappa shape index (κ2) is 44.9. The third-order valence-corrected chi connectivity index (χ3v) is 8.70. The molecule has 0 aliphatic carbocycles. The summed E-state index contributed by atoms with van der Waals surface area (Å²) < 4.78 is 181. The molecule has 61 heavy (non-hydrogen) atoms. The molecule has 0 bridgehead atoms. The smallest absolute Gasteiger partial charge is 0.478 e. The molecule has 0 saturated carbocycles. The van der Waals surface area contributed by atoms with Crippen molar-refractivity contribution in [1.29, 1.82) is 0 Å². The number of aryl methyl sites for hydroxylation is 4. The normalized spacial score (nSPS) is 10.6. The fraction of sp³-hybridized carbons (Fsp3) is 0.806. The minimum Gasteiger partial charge on any atom is -0.478 e. The van der Waals surface area contributed by atoms with Gasteiger partial charge in [-0.15, -0.1) is 21.1 Å². The van der Waals surface area contributed by atoms with E-state index in [0.717, 1.165) is 0 Å². The molecule has 0 atom stereocenters. The van der Waals surface area contributed by atoms with Crippen molar-refractivity contribution in [3.05, 3.63) is 42.8 Å². The molecule has 15 nitrogen and oxygen atoms in total. The van der Waals surface area contributed by atoms with Gasteiger partial charge < -0.3 is 10.4 Å². The summed E-state index contributed by atoms with van der Waals surface area (Å²) in [4.78, 5) is 0. The summed E-state index contributed by atoms with van der Waals surface area (Å²) in [7, 11) is -6.08. The second-order valence-corrected chi connectivity index (χ2v) is 15.4. The van der Waals surface area contributed by atoms with Gasteiger partial charge in [0, 0.05) is 8.03 Å².